The van der Waals surface area contributed by atoms with Crippen molar-refractivity contribution >= 4 is 5.97 Å². The average Bonchev–Trinajstić information content (AvgIpc) is 2.97. The molecule has 1 aliphatic rings. The SMILES string of the molecule is COC(=O)[C@@]1(C)N[C@@H](c2ccccc2)[C@H]([N+](=O)[O-])[C@H]1c1ccccc1. The van der Waals surface area contributed by atoms with E-state index in [1.165, 1.54) is 7.11 Å². The van der Waals surface area contributed by atoms with E-state index in [0.29, 0.717) is 0 Å². The summed E-state index contributed by atoms with van der Waals surface area (Å²) in [5.74, 6) is -1.16. The molecule has 1 aliphatic heterocycles. The average molecular weight is 340 g/mol. The van der Waals surface area contributed by atoms with Crippen molar-refractivity contribution in [3.8, 4) is 0 Å². The maximum atomic E-state index is 12.6. The number of methoxy groups -OCH3 is 1. The number of carbonyl (C=O) groups excluding carboxylic acids is 1. The van der Waals surface area contributed by atoms with Gasteiger partial charge in [-0.2, -0.15) is 0 Å². The van der Waals surface area contributed by atoms with Gasteiger partial charge in [-0.1, -0.05) is 60.7 Å². The number of hydrogen-bond donors (Lipinski definition) is 1. The summed E-state index contributed by atoms with van der Waals surface area (Å²) in [5, 5.41) is 15.2. The smallest absolute Gasteiger partial charge is 0.326 e. The summed E-state index contributed by atoms with van der Waals surface area (Å²) < 4.78 is 4.98. The molecule has 1 heterocycles. The molecule has 1 N–H and O–H groups in total. The fourth-order valence-electron chi connectivity index (χ4n) is 3.81. The van der Waals surface area contributed by atoms with Crippen molar-refractivity contribution in [3.05, 3.63) is 81.9 Å². The zero-order chi connectivity index (χ0) is 18.0. The van der Waals surface area contributed by atoms with Gasteiger partial charge >= 0.3 is 5.97 Å². The monoisotopic (exact) mass is 340 g/mol. The highest BCUT2D eigenvalue weighted by molar-refractivity contribution is 5.83. The number of nitrogens with zero attached hydrogens (tertiary/aromatic N) is 1. The minimum absolute atomic E-state index is 0.295. The standard InChI is InChI=1S/C19H20N2O4/c1-19(18(22)25-2)15(13-9-5-3-6-10-13)17(21(23)24)16(20-19)14-11-7-4-8-12-14/h3-12,15-17,20H,1-2H3/t15-,16+,17-,19+/m1/s1. The fourth-order valence-corrected chi connectivity index (χ4v) is 3.81. The number of rotatable bonds is 4. The van der Waals surface area contributed by atoms with Gasteiger partial charge in [0.05, 0.1) is 13.0 Å². The summed E-state index contributed by atoms with van der Waals surface area (Å²) in [7, 11) is 1.30. The van der Waals surface area contributed by atoms with E-state index in [0.717, 1.165) is 11.1 Å². The van der Waals surface area contributed by atoms with Crippen LogP contribution >= 0.6 is 0 Å². The Hall–Kier alpha value is -2.73. The number of esters is 1. The normalized spacial score (nSPS) is 28.5. The molecule has 1 saturated heterocycles. The third-order valence-electron chi connectivity index (χ3n) is 4.93. The topological polar surface area (TPSA) is 81.5 Å². The maximum absolute atomic E-state index is 12.6. The summed E-state index contributed by atoms with van der Waals surface area (Å²) in [6.07, 6.45) is 0. The predicted octanol–water partition coefficient (Wildman–Crippen LogP) is 2.69. The van der Waals surface area contributed by atoms with Crippen LogP contribution in [0.2, 0.25) is 0 Å². The molecule has 0 unspecified atom stereocenters. The first-order chi connectivity index (χ1) is 12.0. The lowest BCUT2D eigenvalue weighted by molar-refractivity contribution is -0.527. The van der Waals surface area contributed by atoms with Crippen LogP contribution in [-0.2, 0) is 9.53 Å². The van der Waals surface area contributed by atoms with Crippen LogP contribution in [0, 0.1) is 10.1 Å². The van der Waals surface area contributed by atoms with Crippen molar-refractivity contribution < 1.29 is 14.5 Å². The quantitative estimate of drug-likeness (QED) is 0.526. The van der Waals surface area contributed by atoms with Crippen molar-refractivity contribution in [1.29, 1.82) is 0 Å². The molecule has 2 aromatic rings. The Morgan fingerprint density at radius 2 is 1.60 bits per heavy atom. The number of benzene rings is 2. The van der Waals surface area contributed by atoms with E-state index in [2.05, 4.69) is 5.32 Å². The fraction of sp³-hybridized carbons (Fsp3) is 0.316. The molecule has 1 fully saturated rings. The predicted molar refractivity (Wildman–Crippen MR) is 92.7 cm³/mol. The van der Waals surface area contributed by atoms with Crippen molar-refractivity contribution in [2.24, 2.45) is 0 Å². The van der Waals surface area contributed by atoms with Crippen LogP contribution in [0.15, 0.2) is 60.7 Å². The van der Waals surface area contributed by atoms with Gasteiger partial charge in [0.2, 0.25) is 6.04 Å². The van der Waals surface area contributed by atoms with Crippen LogP contribution in [0.5, 0.6) is 0 Å². The van der Waals surface area contributed by atoms with Gasteiger partial charge in [0.1, 0.15) is 11.6 Å². The highest BCUT2D eigenvalue weighted by atomic mass is 16.6. The molecule has 130 valence electrons. The van der Waals surface area contributed by atoms with Crippen LogP contribution in [-0.4, -0.2) is 29.6 Å². The van der Waals surface area contributed by atoms with Crippen LogP contribution in [0.4, 0.5) is 0 Å². The van der Waals surface area contributed by atoms with Crippen molar-refractivity contribution in [2.45, 2.75) is 30.5 Å². The summed E-state index contributed by atoms with van der Waals surface area (Å²) in [5.41, 5.74) is 0.315. The molecular formula is C19H20N2O4. The van der Waals surface area contributed by atoms with Crippen molar-refractivity contribution in [2.75, 3.05) is 7.11 Å². The first kappa shape index (κ1) is 17.1. The molecule has 0 radical (unpaired) electrons. The summed E-state index contributed by atoms with van der Waals surface area (Å²) in [6.45, 7) is 1.68. The molecule has 6 heteroatoms. The lowest BCUT2D eigenvalue weighted by Crippen LogP contribution is -2.50. The summed E-state index contributed by atoms with van der Waals surface area (Å²) >= 11 is 0. The Morgan fingerprint density at radius 3 is 2.08 bits per heavy atom. The Kier molecular flexibility index (Phi) is 4.55. The largest absolute Gasteiger partial charge is 0.468 e. The highest BCUT2D eigenvalue weighted by Gasteiger charge is 2.61. The van der Waals surface area contributed by atoms with E-state index >= 15 is 0 Å². The van der Waals surface area contributed by atoms with Gasteiger partial charge in [-0.15, -0.1) is 0 Å². The molecule has 0 aliphatic carbocycles. The van der Waals surface area contributed by atoms with Crippen molar-refractivity contribution in [1.82, 2.24) is 5.32 Å². The number of nitro groups is 1. The van der Waals surface area contributed by atoms with Gasteiger partial charge in [0.15, 0.2) is 0 Å². The van der Waals surface area contributed by atoms with E-state index in [9.17, 15) is 14.9 Å². The summed E-state index contributed by atoms with van der Waals surface area (Å²) in [4.78, 5) is 24.2. The molecule has 0 saturated carbocycles. The first-order valence-electron chi connectivity index (χ1n) is 8.08. The van der Waals surface area contributed by atoms with Gasteiger partial charge in [-0.25, -0.2) is 0 Å². The molecule has 0 amide bonds. The summed E-state index contributed by atoms with van der Waals surface area (Å²) in [6, 6.07) is 16.7. The van der Waals surface area contributed by atoms with Gasteiger partial charge in [-0.05, 0) is 18.1 Å². The zero-order valence-electron chi connectivity index (χ0n) is 14.1. The minimum atomic E-state index is -1.20. The maximum Gasteiger partial charge on any atom is 0.326 e. The Balaban J connectivity index is 2.16. The number of nitrogens with one attached hydrogen (secondary N) is 1. The number of hydrogen-bond acceptors (Lipinski definition) is 5. The third-order valence-corrected chi connectivity index (χ3v) is 4.93. The van der Waals surface area contributed by atoms with E-state index in [1.54, 1.807) is 6.92 Å². The first-order valence-corrected chi connectivity index (χ1v) is 8.08. The molecule has 6 nitrogen and oxygen atoms in total. The zero-order valence-corrected chi connectivity index (χ0v) is 14.1. The lowest BCUT2D eigenvalue weighted by Gasteiger charge is -2.28. The Bertz CT molecular complexity index is 766. The molecule has 3 rings (SSSR count). The van der Waals surface area contributed by atoms with Crippen LogP contribution in [0.3, 0.4) is 0 Å². The molecule has 2 aromatic carbocycles. The molecule has 25 heavy (non-hydrogen) atoms. The molecule has 0 spiro atoms. The van der Waals surface area contributed by atoms with E-state index in [4.69, 9.17) is 4.74 Å². The number of ether oxygens (including phenoxy) is 1. The second kappa shape index (κ2) is 6.64. The molecule has 0 aromatic heterocycles. The molecule has 0 bridgehead atoms. The van der Waals surface area contributed by atoms with Crippen LogP contribution in [0.1, 0.15) is 30.0 Å². The van der Waals surface area contributed by atoms with Gasteiger partial charge < -0.3 is 4.74 Å². The highest BCUT2D eigenvalue weighted by Crippen LogP contribution is 2.46. The molecular weight excluding hydrogens is 320 g/mol. The van der Waals surface area contributed by atoms with Gasteiger partial charge in [0, 0.05) is 4.92 Å². The second-order valence-electron chi connectivity index (χ2n) is 6.39. The second-order valence-corrected chi connectivity index (χ2v) is 6.39. The Morgan fingerprint density at radius 1 is 1.08 bits per heavy atom. The van der Waals surface area contributed by atoms with Crippen LogP contribution in [0.25, 0.3) is 0 Å². The lowest BCUT2D eigenvalue weighted by atomic mass is 9.78. The van der Waals surface area contributed by atoms with Gasteiger partial charge in [0.25, 0.3) is 0 Å². The van der Waals surface area contributed by atoms with Crippen LogP contribution < -0.4 is 5.32 Å². The van der Waals surface area contributed by atoms with Gasteiger partial charge in [-0.3, -0.25) is 20.2 Å². The molecule has 4 atom stereocenters. The van der Waals surface area contributed by atoms with E-state index < -0.39 is 29.5 Å². The van der Waals surface area contributed by atoms with Crippen molar-refractivity contribution in [3.63, 3.8) is 0 Å². The minimum Gasteiger partial charge on any atom is -0.468 e. The number of carbonyl (C=O) groups is 1. The van der Waals surface area contributed by atoms with E-state index in [-0.39, 0.29) is 4.92 Å². The van der Waals surface area contributed by atoms with E-state index in [1.807, 2.05) is 60.7 Å². The Labute approximate surface area is 146 Å². The third kappa shape index (κ3) is 2.89.